The normalized spacial score (nSPS) is 10.5. The van der Waals surface area contributed by atoms with Gasteiger partial charge in [-0.2, -0.15) is 0 Å². The van der Waals surface area contributed by atoms with Crippen molar-refractivity contribution in [1.29, 1.82) is 0 Å². The van der Waals surface area contributed by atoms with E-state index in [2.05, 4.69) is 36.2 Å². The first-order valence-corrected chi connectivity index (χ1v) is 6.63. The fourth-order valence-corrected chi connectivity index (χ4v) is 2.63. The molecule has 2 aromatic rings. The van der Waals surface area contributed by atoms with Gasteiger partial charge in [0.2, 0.25) is 0 Å². The molecular formula is C13H15ClN2S. The van der Waals surface area contributed by atoms with E-state index in [4.69, 9.17) is 17.3 Å². The van der Waals surface area contributed by atoms with Gasteiger partial charge in [0.15, 0.2) is 0 Å². The van der Waals surface area contributed by atoms with Crippen LogP contribution in [0.25, 0.3) is 0 Å². The summed E-state index contributed by atoms with van der Waals surface area (Å²) in [5.41, 5.74) is 8.01. The predicted octanol–water partition coefficient (Wildman–Crippen LogP) is 3.50. The summed E-state index contributed by atoms with van der Waals surface area (Å²) in [4.78, 5) is 2.19. The zero-order chi connectivity index (χ0) is 12.3. The van der Waals surface area contributed by atoms with E-state index in [1.165, 1.54) is 10.6 Å². The molecule has 2 rings (SSSR count). The molecule has 0 bridgehead atoms. The molecule has 0 saturated carbocycles. The molecule has 0 radical (unpaired) electrons. The topological polar surface area (TPSA) is 29.3 Å². The van der Waals surface area contributed by atoms with E-state index in [-0.39, 0.29) is 0 Å². The standard InChI is InChI=1S/C13H15ClN2S/c1-16(13-7-6-12(14)17-13)9-11-4-2-10(8-15)3-5-11/h2-7H,8-9,15H2,1H3. The number of thiophene rings is 1. The van der Waals surface area contributed by atoms with E-state index in [1.54, 1.807) is 11.3 Å². The van der Waals surface area contributed by atoms with Gasteiger partial charge in [-0.3, -0.25) is 0 Å². The van der Waals surface area contributed by atoms with Gasteiger partial charge >= 0.3 is 0 Å². The van der Waals surface area contributed by atoms with Crippen molar-refractivity contribution < 1.29 is 0 Å². The average Bonchev–Trinajstić information content (AvgIpc) is 2.77. The smallest absolute Gasteiger partial charge is 0.0950 e. The number of anilines is 1. The minimum atomic E-state index is 0.594. The van der Waals surface area contributed by atoms with Crippen LogP contribution in [0.4, 0.5) is 5.00 Å². The van der Waals surface area contributed by atoms with E-state index in [0.717, 1.165) is 16.4 Å². The Labute approximate surface area is 111 Å². The van der Waals surface area contributed by atoms with Gasteiger partial charge in [0, 0.05) is 20.1 Å². The minimum Gasteiger partial charge on any atom is -0.362 e. The van der Waals surface area contributed by atoms with Gasteiger partial charge in [-0.05, 0) is 23.3 Å². The fourth-order valence-electron chi connectivity index (χ4n) is 1.64. The minimum absolute atomic E-state index is 0.594. The van der Waals surface area contributed by atoms with Crippen LogP contribution in [-0.4, -0.2) is 7.05 Å². The van der Waals surface area contributed by atoms with E-state index >= 15 is 0 Å². The molecule has 0 aliphatic rings. The van der Waals surface area contributed by atoms with Crippen molar-refractivity contribution in [2.75, 3.05) is 11.9 Å². The third-order valence-corrected chi connectivity index (χ3v) is 3.96. The first-order chi connectivity index (χ1) is 8.19. The van der Waals surface area contributed by atoms with Gasteiger partial charge in [-0.1, -0.05) is 35.9 Å². The monoisotopic (exact) mass is 266 g/mol. The van der Waals surface area contributed by atoms with Gasteiger partial charge in [0.1, 0.15) is 0 Å². The van der Waals surface area contributed by atoms with Crippen molar-refractivity contribution in [1.82, 2.24) is 0 Å². The lowest BCUT2D eigenvalue weighted by molar-refractivity contribution is 0.931. The summed E-state index contributed by atoms with van der Waals surface area (Å²) in [6.45, 7) is 1.47. The van der Waals surface area contributed by atoms with E-state index < -0.39 is 0 Å². The Balaban J connectivity index is 2.04. The summed E-state index contributed by atoms with van der Waals surface area (Å²) >= 11 is 7.52. The molecule has 0 unspecified atom stereocenters. The Bertz CT molecular complexity index is 478. The lowest BCUT2D eigenvalue weighted by Gasteiger charge is -2.17. The molecule has 0 atom stereocenters. The van der Waals surface area contributed by atoms with E-state index in [1.807, 2.05) is 12.1 Å². The lowest BCUT2D eigenvalue weighted by Crippen LogP contribution is -2.14. The molecule has 2 N–H and O–H groups in total. The number of nitrogens with zero attached hydrogens (tertiary/aromatic N) is 1. The number of hydrogen-bond donors (Lipinski definition) is 1. The first kappa shape index (κ1) is 12.4. The third kappa shape index (κ3) is 3.22. The number of rotatable bonds is 4. The van der Waals surface area contributed by atoms with Crippen LogP contribution in [0.5, 0.6) is 0 Å². The lowest BCUT2D eigenvalue weighted by atomic mass is 10.1. The number of hydrogen-bond acceptors (Lipinski definition) is 3. The van der Waals surface area contributed by atoms with Crippen molar-refractivity contribution in [2.45, 2.75) is 13.1 Å². The summed E-state index contributed by atoms with van der Waals surface area (Å²) in [5.74, 6) is 0. The molecule has 17 heavy (non-hydrogen) atoms. The molecule has 4 heteroatoms. The second-order valence-electron chi connectivity index (χ2n) is 3.95. The zero-order valence-corrected chi connectivity index (χ0v) is 11.3. The molecule has 2 nitrogen and oxygen atoms in total. The second kappa shape index (κ2) is 5.54. The van der Waals surface area contributed by atoms with Crippen molar-refractivity contribution in [3.05, 3.63) is 51.9 Å². The van der Waals surface area contributed by atoms with Gasteiger partial charge in [-0.15, -0.1) is 11.3 Å². The van der Waals surface area contributed by atoms with Gasteiger partial charge in [-0.25, -0.2) is 0 Å². The SMILES string of the molecule is CN(Cc1ccc(CN)cc1)c1ccc(Cl)s1. The largest absolute Gasteiger partial charge is 0.362 e. The summed E-state index contributed by atoms with van der Waals surface area (Å²) in [6, 6.07) is 12.4. The highest BCUT2D eigenvalue weighted by Crippen LogP contribution is 2.29. The van der Waals surface area contributed by atoms with Crippen LogP contribution in [0, 0.1) is 0 Å². The molecule has 0 spiro atoms. The second-order valence-corrected chi connectivity index (χ2v) is 5.65. The quantitative estimate of drug-likeness (QED) is 0.918. The molecule has 0 amide bonds. The fraction of sp³-hybridized carbons (Fsp3) is 0.231. The van der Waals surface area contributed by atoms with Crippen LogP contribution >= 0.6 is 22.9 Å². The van der Waals surface area contributed by atoms with Gasteiger partial charge in [0.05, 0.1) is 9.34 Å². The summed E-state index contributed by atoms with van der Waals surface area (Å²) in [6.07, 6.45) is 0. The molecule has 90 valence electrons. The van der Waals surface area contributed by atoms with Crippen LogP contribution in [0.15, 0.2) is 36.4 Å². The van der Waals surface area contributed by atoms with Crippen LogP contribution in [0.3, 0.4) is 0 Å². The Morgan fingerprint density at radius 1 is 1.12 bits per heavy atom. The Morgan fingerprint density at radius 2 is 1.76 bits per heavy atom. The Kier molecular flexibility index (Phi) is 4.05. The van der Waals surface area contributed by atoms with E-state index in [0.29, 0.717) is 6.54 Å². The average molecular weight is 267 g/mol. The summed E-state index contributed by atoms with van der Waals surface area (Å²) in [7, 11) is 2.07. The highest BCUT2D eigenvalue weighted by atomic mass is 35.5. The molecule has 1 heterocycles. The third-order valence-electron chi connectivity index (χ3n) is 2.61. The number of nitrogens with two attached hydrogens (primary N) is 1. The first-order valence-electron chi connectivity index (χ1n) is 5.43. The van der Waals surface area contributed by atoms with Gasteiger partial charge in [0.25, 0.3) is 0 Å². The van der Waals surface area contributed by atoms with Crippen molar-refractivity contribution >= 4 is 27.9 Å². The van der Waals surface area contributed by atoms with Crippen molar-refractivity contribution in [3.8, 4) is 0 Å². The van der Waals surface area contributed by atoms with Crippen LogP contribution in [0.2, 0.25) is 4.34 Å². The molecule has 1 aromatic heterocycles. The van der Waals surface area contributed by atoms with Gasteiger partial charge < -0.3 is 10.6 Å². The Hall–Kier alpha value is -1.03. The summed E-state index contributed by atoms with van der Waals surface area (Å²) < 4.78 is 0.824. The summed E-state index contributed by atoms with van der Waals surface area (Å²) in [5, 5.41) is 1.18. The van der Waals surface area contributed by atoms with Crippen LogP contribution in [-0.2, 0) is 13.1 Å². The maximum absolute atomic E-state index is 5.92. The van der Waals surface area contributed by atoms with Crippen molar-refractivity contribution in [3.63, 3.8) is 0 Å². The molecular weight excluding hydrogens is 252 g/mol. The Morgan fingerprint density at radius 3 is 2.29 bits per heavy atom. The highest BCUT2D eigenvalue weighted by Gasteiger charge is 2.04. The van der Waals surface area contributed by atoms with Crippen LogP contribution < -0.4 is 10.6 Å². The number of benzene rings is 1. The molecule has 0 saturated heterocycles. The molecule has 0 fully saturated rings. The predicted molar refractivity (Wildman–Crippen MR) is 75.8 cm³/mol. The number of halogens is 1. The van der Waals surface area contributed by atoms with E-state index in [9.17, 15) is 0 Å². The molecule has 0 aliphatic carbocycles. The maximum atomic E-state index is 5.92. The molecule has 1 aromatic carbocycles. The zero-order valence-electron chi connectivity index (χ0n) is 9.69. The molecule has 0 aliphatic heterocycles. The van der Waals surface area contributed by atoms with Crippen molar-refractivity contribution in [2.24, 2.45) is 5.73 Å². The highest BCUT2D eigenvalue weighted by molar-refractivity contribution is 7.19. The van der Waals surface area contributed by atoms with Crippen LogP contribution in [0.1, 0.15) is 11.1 Å². The maximum Gasteiger partial charge on any atom is 0.0950 e.